The van der Waals surface area contributed by atoms with E-state index in [1.54, 1.807) is 13.8 Å². The molecule has 2 amide bonds. The molecular formula is C12H22N2O4. The van der Waals surface area contributed by atoms with Crippen molar-refractivity contribution in [3.05, 3.63) is 0 Å². The zero-order valence-corrected chi connectivity index (χ0v) is 11.2. The predicted molar refractivity (Wildman–Crippen MR) is 66.5 cm³/mol. The lowest BCUT2D eigenvalue weighted by Gasteiger charge is -2.27. The highest BCUT2D eigenvalue weighted by Gasteiger charge is 2.31. The molecule has 0 saturated carbocycles. The van der Waals surface area contributed by atoms with Crippen molar-refractivity contribution < 1.29 is 19.4 Å². The van der Waals surface area contributed by atoms with Gasteiger partial charge < -0.3 is 20.5 Å². The summed E-state index contributed by atoms with van der Waals surface area (Å²) in [5, 5.41) is 14.1. The highest BCUT2D eigenvalue weighted by molar-refractivity contribution is 5.76. The fraction of sp³-hybridized carbons (Fsp3) is 0.833. The lowest BCUT2D eigenvalue weighted by atomic mass is 10.0. The summed E-state index contributed by atoms with van der Waals surface area (Å²) >= 11 is 0. The Kier molecular flexibility index (Phi) is 4.56. The Morgan fingerprint density at radius 3 is 2.61 bits per heavy atom. The molecule has 6 nitrogen and oxygen atoms in total. The molecule has 0 aromatic rings. The molecule has 0 bridgehead atoms. The highest BCUT2D eigenvalue weighted by atomic mass is 16.5. The highest BCUT2D eigenvalue weighted by Crippen LogP contribution is 2.23. The van der Waals surface area contributed by atoms with E-state index in [0.717, 1.165) is 19.4 Å². The average molecular weight is 258 g/mol. The summed E-state index contributed by atoms with van der Waals surface area (Å²) in [5.74, 6) is -0.939. The quantitative estimate of drug-likeness (QED) is 0.689. The van der Waals surface area contributed by atoms with Crippen LogP contribution in [0.15, 0.2) is 0 Å². The number of carboxylic acids is 1. The van der Waals surface area contributed by atoms with Crippen molar-refractivity contribution in [2.75, 3.05) is 13.2 Å². The van der Waals surface area contributed by atoms with E-state index in [9.17, 15) is 9.59 Å². The number of amides is 2. The number of carbonyl (C=O) groups is 2. The van der Waals surface area contributed by atoms with Gasteiger partial charge in [-0.3, -0.25) is 4.79 Å². The second kappa shape index (κ2) is 5.56. The van der Waals surface area contributed by atoms with Crippen LogP contribution in [0, 0.1) is 0 Å². The van der Waals surface area contributed by atoms with Crippen molar-refractivity contribution in [3.63, 3.8) is 0 Å². The molecule has 1 atom stereocenters. The van der Waals surface area contributed by atoms with Gasteiger partial charge in [0.25, 0.3) is 0 Å². The maximum Gasteiger partial charge on any atom is 0.315 e. The van der Waals surface area contributed by atoms with Gasteiger partial charge in [0.15, 0.2) is 0 Å². The van der Waals surface area contributed by atoms with E-state index in [-0.39, 0.29) is 18.1 Å². The molecule has 18 heavy (non-hydrogen) atoms. The third-order valence-corrected chi connectivity index (χ3v) is 2.97. The van der Waals surface area contributed by atoms with Crippen molar-refractivity contribution in [1.29, 1.82) is 0 Å². The third-order valence-electron chi connectivity index (χ3n) is 2.97. The van der Waals surface area contributed by atoms with Crippen LogP contribution in [0.5, 0.6) is 0 Å². The summed E-state index contributed by atoms with van der Waals surface area (Å²) in [6, 6.07) is -0.363. The summed E-state index contributed by atoms with van der Waals surface area (Å²) in [7, 11) is 0. The fourth-order valence-electron chi connectivity index (χ4n) is 2.02. The maximum atomic E-state index is 11.7. The van der Waals surface area contributed by atoms with Crippen molar-refractivity contribution in [1.82, 2.24) is 10.6 Å². The van der Waals surface area contributed by atoms with Crippen molar-refractivity contribution >= 4 is 12.0 Å². The van der Waals surface area contributed by atoms with Gasteiger partial charge in [-0.2, -0.15) is 0 Å². The zero-order valence-electron chi connectivity index (χ0n) is 11.2. The van der Waals surface area contributed by atoms with Crippen LogP contribution in [0.2, 0.25) is 0 Å². The second-order valence-electron chi connectivity index (χ2n) is 5.66. The lowest BCUT2D eigenvalue weighted by Crippen LogP contribution is -2.52. The van der Waals surface area contributed by atoms with Crippen LogP contribution in [0.4, 0.5) is 4.79 Å². The third kappa shape index (κ3) is 4.91. The summed E-state index contributed by atoms with van der Waals surface area (Å²) in [5.41, 5.74) is -1.07. The molecule has 0 spiro atoms. The standard InChI is InChI=1S/C12H22N2O4/c1-11(2,7-9(15)16)14-10(17)13-8-12(3)5-4-6-18-12/h4-8H2,1-3H3,(H,15,16)(H2,13,14,17). The molecule has 0 radical (unpaired) electrons. The van der Waals surface area contributed by atoms with Crippen LogP contribution in [-0.2, 0) is 9.53 Å². The summed E-state index contributed by atoms with van der Waals surface area (Å²) in [4.78, 5) is 22.3. The molecule has 104 valence electrons. The minimum atomic E-state index is -0.939. The van der Waals surface area contributed by atoms with Gasteiger partial charge in [0.05, 0.1) is 12.0 Å². The molecule has 1 aliphatic rings. The molecule has 0 aromatic carbocycles. The van der Waals surface area contributed by atoms with E-state index in [1.165, 1.54) is 0 Å². The van der Waals surface area contributed by atoms with Gasteiger partial charge >= 0.3 is 12.0 Å². The number of nitrogens with one attached hydrogen (secondary N) is 2. The van der Waals surface area contributed by atoms with Gasteiger partial charge in [-0.1, -0.05) is 0 Å². The lowest BCUT2D eigenvalue weighted by molar-refractivity contribution is -0.138. The van der Waals surface area contributed by atoms with Crippen LogP contribution in [0.25, 0.3) is 0 Å². The molecule has 1 unspecified atom stereocenters. The zero-order chi connectivity index (χ0) is 13.8. The van der Waals surface area contributed by atoms with Crippen LogP contribution in [0.3, 0.4) is 0 Å². The number of carboxylic acid groups (broad SMARTS) is 1. The normalized spacial score (nSPS) is 23.7. The van der Waals surface area contributed by atoms with E-state index in [2.05, 4.69) is 10.6 Å². The molecule has 3 N–H and O–H groups in total. The van der Waals surface area contributed by atoms with Gasteiger partial charge in [0, 0.05) is 18.7 Å². The molecule has 1 rings (SSSR count). The first-order chi connectivity index (χ1) is 8.22. The van der Waals surface area contributed by atoms with Crippen LogP contribution in [-0.4, -0.2) is 41.4 Å². The molecule has 6 heteroatoms. The predicted octanol–water partition coefficient (Wildman–Crippen LogP) is 1.11. The number of hydrogen-bond donors (Lipinski definition) is 3. The van der Waals surface area contributed by atoms with Crippen molar-refractivity contribution in [2.45, 2.75) is 51.2 Å². The molecule has 0 aliphatic carbocycles. The number of ether oxygens (including phenoxy) is 1. The number of carbonyl (C=O) groups excluding carboxylic acids is 1. The Hall–Kier alpha value is -1.30. The van der Waals surface area contributed by atoms with Gasteiger partial charge in [-0.05, 0) is 33.6 Å². The van der Waals surface area contributed by atoms with E-state index >= 15 is 0 Å². The van der Waals surface area contributed by atoms with Crippen LogP contribution >= 0.6 is 0 Å². The van der Waals surface area contributed by atoms with Gasteiger partial charge in [0.1, 0.15) is 0 Å². The molecule has 1 heterocycles. The Labute approximate surface area is 107 Å². The molecule has 1 saturated heterocycles. The number of aliphatic carboxylic acids is 1. The van der Waals surface area contributed by atoms with E-state index in [4.69, 9.17) is 9.84 Å². The van der Waals surface area contributed by atoms with Gasteiger partial charge in [0.2, 0.25) is 0 Å². The SMILES string of the molecule is CC(C)(CC(=O)O)NC(=O)NCC1(C)CCCO1. The van der Waals surface area contributed by atoms with E-state index in [0.29, 0.717) is 6.54 Å². The first kappa shape index (κ1) is 14.8. The minimum absolute atomic E-state index is 0.117. The van der Waals surface area contributed by atoms with Crippen LogP contribution < -0.4 is 10.6 Å². The van der Waals surface area contributed by atoms with E-state index < -0.39 is 11.5 Å². The maximum absolute atomic E-state index is 11.7. The molecule has 1 aliphatic heterocycles. The first-order valence-corrected chi connectivity index (χ1v) is 6.14. The monoisotopic (exact) mass is 258 g/mol. The molecular weight excluding hydrogens is 236 g/mol. The first-order valence-electron chi connectivity index (χ1n) is 6.14. The van der Waals surface area contributed by atoms with Crippen LogP contribution in [0.1, 0.15) is 40.0 Å². The fourth-order valence-corrected chi connectivity index (χ4v) is 2.02. The topological polar surface area (TPSA) is 87.7 Å². The Balaban J connectivity index is 2.35. The number of urea groups is 1. The average Bonchev–Trinajstić information content (AvgIpc) is 2.60. The second-order valence-corrected chi connectivity index (χ2v) is 5.66. The van der Waals surface area contributed by atoms with Crippen molar-refractivity contribution in [3.8, 4) is 0 Å². The minimum Gasteiger partial charge on any atom is -0.481 e. The van der Waals surface area contributed by atoms with E-state index in [1.807, 2.05) is 6.92 Å². The largest absolute Gasteiger partial charge is 0.481 e. The Morgan fingerprint density at radius 1 is 1.44 bits per heavy atom. The summed E-state index contributed by atoms with van der Waals surface area (Å²) in [6.07, 6.45) is 1.81. The Morgan fingerprint density at radius 2 is 2.11 bits per heavy atom. The van der Waals surface area contributed by atoms with Crippen molar-refractivity contribution in [2.24, 2.45) is 0 Å². The Bertz CT molecular complexity index is 322. The smallest absolute Gasteiger partial charge is 0.315 e. The summed E-state index contributed by atoms with van der Waals surface area (Å²) < 4.78 is 5.55. The van der Waals surface area contributed by atoms with Gasteiger partial charge in [-0.25, -0.2) is 4.79 Å². The molecule has 1 fully saturated rings. The number of hydrogen-bond acceptors (Lipinski definition) is 3. The molecule has 0 aromatic heterocycles. The summed E-state index contributed by atoms with van der Waals surface area (Å²) in [6.45, 7) is 6.47. The number of rotatable bonds is 5. The van der Waals surface area contributed by atoms with Gasteiger partial charge in [-0.15, -0.1) is 0 Å².